The van der Waals surface area contributed by atoms with Crippen LogP contribution in [0.1, 0.15) is 50.5 Å². The lowest BCUT2D eigenvalue weighted by atomic mass is 9.93. The number of anilines is 2. The van der Waals surface area contributed by atoms with Crippen LogP contribution in [-0.2, 0) is 11.2 Å². The first-order chi connectivity index (χ1) is 18.7. The number of amides is 1. The first-order valence-corrected chi connectivity index (χ1v) is 13.7. The average Bonchev–Trinajstić information content (AvgIpc) is 3.45. The molecule has 2 heterocycles. The molecule has 0 spiro atoms. The highest BCUT2D eigenvalue weighted by molar-refractivity contribution is 5.83. The zero-order chi connectivity index (χ0) is 26.2. The Kier molecular flexibility index (Phi) is 8.52. The van der Waals surface area contributed by atoms with Crippen LogP contribution in [0.4, 0.5) is 11.5 Å². The molecule has 2 aliphatic rings. The zero-order valence-corrected chi connectivity index (χ0v) is 21.7. The van der Waals surface area contributed by atoms with E-state index in [0.29, 0.717) is 19.0 Å². The van der Waals surface area contributed by atoms with Crippen molar-refractivity contribution in [2.24, 2.45) is 0 Å². The smallest absolute Gasteiger partial charge is 0.241 e. The first kappa shape index (κ1) is 25.7. The summed E-state index contributed by atoms with van der Waals surface area (Å²) in [5.74, 6) is 2.33. The van der Waals surface area contributed by atoms with E-state index < -0.39 is 0 Å². The van der Waals surface area contributed by atoms with Gasteiger partial charge in [0.15, 0.2) is 0 Å². The minimum atomic E-state index is -0.321. The van der Waals surface area contributed by atoms with E-state index in [1.165, 1.54) is 19.3 Å². The molecule has 3 aromatic rings. The average molecular weight is 510 g/mol. The molecular weight excluding hydrogens is 474 g/mol. The van der Waals surface area contributed by atoms with Gasteiger partial charge in [-0.2, -0.15) is 5.26 Å². The molecule has 1 saturated heterocycles. The van der Waals surface area contributed by atoms with Gasteiger partial charge in [-0.25, -0.2) is 4.98 Å². The van der Waals surface area contributed by atoms with Gasteiger partial charge in [0.25, 0.3) is 0 Å². The number of carbonyl (C=O) groups is 1. The molecule has 0 bridgehead atoms. The van der Waals surface area contributed by atoms with Gasteiger partial charge in [0.1, 0.15) is 23.4 Å². The van der Waals surface area contributed by atoms with Crippen molar-refractivity contribution in [3.05, 3.63) is 78.5 Å². The lowest BCUT2D eigenvalue weighted by molar-refractivity contribution is -0.133. The fourth-order valence-corrected chi connectivity index (χ4v) is 5.39. The van der Waals surface area contributed by atoms with Crippen LogP contribution in [0.2, 0.25) is 0 Å². The van der Waals surface area contributed by atoms with Crippen LogP contribution in [0.15, 0.2) is 72.9 Å². The lowest BCUT2D eigenvalue weighted by Gasteiger charge is -2.31. The van der Waals surface area contributed by atoms with E-state index in [4.69, 9.17) is 4.74 Å². The minimum absolute atomic E-state index is 0.0550. The highest BCUT2D eigenvalue weighted by Gasteiger charge is 2.34. The molecule has 1 aliphatic carbocycles. The molecule has 38 heavy (non-hydrogen) atoms. The first-order valence-electron chi connectivity index (χ1n) is 13.7. The van der Waals surface area contributed by atoms with Gasteiger partial charge in [0, 0.05) is 24.5 Å². The van der Waals surface area contributed by atoms with Crippen LogP contribution >= 0.6 is 0 Å². The van der Waals surface area contributed by atoms with Crippen molar-refractivity contribution < 1.29 is 9.53 Å². The molecule has 7 nitrogen and oxygen atoms in total. The van der Waals surface area contributed by atoms with E-state index in [9.17, 15) is 10.1 Å². The Labute approximate surface area is 224 Å². The zero-order valence-electron chi connectivity index (χ0n) is 21.7. The molecule has 1 unspecified atom stereocenters. The van der Waals surface area contributed by atoms with Crippen molar-refractivity contribution >= 4 is 17.4 Å². The van der Waals surface area contributed by atoms with Crippen LogP contribution in [0.3, 0.4) is 0 Å². The number of nitriles is 1. The largest absolute Gasteiger partial charge is 0.457 e. The number of ether oxygens (including phenoxy) is 1. The molecule has 196 valence electrons. The Morgan fingerprint density at radius 1 is 0.974 bits per heavy atom. The number of hydrogen-bond acceptors (Lipinski definition) is 6. The lowest BCUT2D eigenvalue weighted by Crippen LogP contribution is -2.52. The predicted octanol–water partition coefficient (Wildman–Crippen LogP) is 5.97. The molecule has 1 aliphatic heterocycles. The fraction of sp³-hybridized carbons (Fsp3) is 0.387. The van der Waals surface area contributed by atoms with Gasteiger partial charge in [-0.1, -0.05) is 37.5 Å². The van der Waals surface area contributed by atoms with E-state index >= 15 is 0 Å². The van der Waals surface area contributed by atoms with Crippen LogP contribution in [0.5, 0.6) is 11.5 Å². The molecule has 2 atom stereocenters. The number of nitrogens with one attached hydrogen (secondary N) is 2. The Balaban J connectivity index is 1.22. The third kappa shape index (κ3) is 6.70. The van der Waals surface area contributed by atoms with E-state index in [-0.39, 0.29) is 18.0 Å². The number of nitrogens with zero attached hydrogens (tertiary/aromatic N) is 3. The summed E-state index contributed by atoms with van der Waals surface area (Å²) in [6.45, 7) is 0.669. The van der Waals surface area contributed by atoms with Crippen LogP contribution in [0, 0.1) is 11.3 Å². The van der Waals surface area contributed by atoms with Crippen molar-refractivity contribution in [3.8, 4) is 17.6 Å². The number of benzene rings is 2. The molecule has 1 amide bonds. The van der Waals surface area contributed by atoms with Crippen molar-refractivity contribution in [3.63, 3.8) is 0 Å². The SMILES string of the molecule is N#CC1CCCN1C(=O)[C@H](Cc1ccc(Oc2ccc(Nc3ccccn3)cc2)cc1)NC1CCCCC1. The Bertz CT molecular complexity index is 1220. The van der Waals surface area contributed by atoms with E-state index in [0.717, 1.165) is 54.3 Å². The molecule has 2 aromatic carbocycles. The molecular formula is C31H35N5O2. The monoisotopic (exact) mass is 509 g/mol. The standard InChI is InChI=1S/C31H35N5O2/c32-22-26-9-6-20-36(26)31(37)29(34-24-7-2-1-3-8-24)21-23-11-15-27(16-12-23)38-28-17-13-25(14-18-28)35-30-10-4-5-19-33-30/h4-5,10-19,24,26,29,34H,1-3,6-9,20-21H2,(H,33,35)/t26?,29-/m0/s1. The molecule has 1 saturated carbocycles. The van der Waals surface area contributed by atoms with Gasteiger partial charge >= 0.3 is 0 Å². The fourth-order valence-electron chi connectivity index (χ4n) is 5.39. The highest BCUT2D eigenvalue weighted by atomic mass is 16.5. The minimum Gasteiger partial charge on any atom is -0.457 e. The number of carbonyl (C=O) groups excluding carboxylic acids is 1. The third-order valence-corrected chi connectivity index (χ3v) is 7.42. The van der Waals surface area contributed by atoms with E-state index in [2.05, 4.69) is 21.7 Å². The number of rotatable bonds is 9. The Morgan fingerprint density at radius 2 is 1.71 bits per heavy atom. The number of pyridine rings is 1. The van der Waals surface area contributed by atoms with Gasteiger partial charge in [-0.3, -0.25) is 4.79 Å². The summed E-state index contributed by atoms with van der Waals surface area (Å²) in [6, 6.07) is 23.5. The maximum atomic E-state index is 13.5. The van der Waals surface area contributed by atoms with Gasteiger partial charge in [0.05, 0.1) is 12.1 Å². The molecule has 5 rings (SSSR count). The van der Waals surface area contributed by atoms with Crippen LogP contribution in [-0.4, -0.2) is 40.5 Å². The van der Waals surface area contributed by atoms with Gasteiger partial charge < -0.3 is 20.3 Å². The number of hydrogen-bond donors (Lipinski definition) is 2. The maximum Gasteiger partial charge on any atom is 0.241 e. The second-order valence-corrected chi connectivity index (χ2v) is 10.2. The van der Waals surface area contributed by atoms with Crippen molar-refractivity contribution in [2.75, 3.05) is 11.9 Å². The summed E-state index contributed by atoms with van der Waals surface area (Å²) in [5, 5.41) is 16.5. The Morgan fingerprint density at radius 3 is 2.39 bits per heavy atom. The van der Waals surface area contributed by atoms with E-state index in [1.807, 2.05) is 66.7 Å². The molecule has 2 N–H and O–H groups in total. The molecule has 1 aromatic heterocycles. The van der Waals surface area contributed by atoms with Crippen molar-refractivity contribution in [1.82, 2.24) is 15.2 Å². The summed E-state index contributed by atoms with van der Waals surface area (Å²) in [6.07, 6.45) is 9.90. The second-order valence-electron chi connectivity index (χ2n) is 10.2. The summed E-state index contributed by atoms with van der Waals surface area (Å²) < 4.78 is 6.05. The molecule has 7 heteroatoms. The molecule has 2 fully saturated rings. The highest BCUT2D eigenvalue weighted by Crippen LogP contribution is 2.26. The summed E-state index contributed by atoms with van der Waals surface area (Å²) in [5.41, 5.74) is 2.01. The van der Waals surface area contributed by atoms with Crippen LogP contribution < -0.4 is 15.4 Å². The maximum absolute atomic E-state index is 13.5. The normalized spacial score (nSPS) is 18.5. The summed E-state index contributed by atoms with van der Waals surface area (Å²) in [7, 11) is 0. The van der Waals surface area contributed by atoms with Gasteiger partial charge in [-0.05, 0) is 86.2 Å². The van der Waals surface area contributed by atoms with Crippen LogP contribution in [0.25, 0.3) is 0 Å². The topological polar surface area (TPSA) is 90.3 Å². The van der Waals surface area contributed by atoms with E-state index in [1.54, 1.807) is 11.1 Å². The summed E-state index contributed by atoms with van der Waals surface area (Å²) in [4.78, 5) is 19.6. The van der Waals surface area contributed by atoms with Crippen molar-refractivity contribution in [1.29, 1.82) is 5.26 Å². The van der Waals surface area contributed by atoms with Gasteiger partial charge in [0.2, 0.25) is 5.91 Å². The number of aromatic nitrogens is 1. The summed E-state index contributed by atoms with van der Waals surface area (Å²) >= 11 is 0. The third-order valence-electron chi connectivity index (χ3n) is 7.42. The predicted molar refractivity (Wildman–Crippen MR) is 148 cm³/mol. The van der Waals surface area contributed by atoms with Gasteiger partial charge in [-0.15, -0.1) is 0 Å². The quantitative estimate of drug-likeness (QED) is 0.370. The Hall–Kier alpha value is -3.89. The number of likely N-dealkylation sites (tertiary alicyclic amines) is 1. The molecule has 0 radical (unpaired) electrons. The van der Waals surface area contributed by atoms with Crippen molar-refractivity contribution in [2.45, 2.75) is 69.5 Å². The second kappa shape index (κ2) is 12.6.